The molecule has 1 aliphatic heterocycles. The van der Waals surface area contributed by atoms with E-state index in [0.29, 0.717) is 56.2 Å². The predicted molar refractivity (Wildman–Crippen MR) is 156 cm³/mol. The van der Waals surface area contributed by atoms with Crippen molar-refractivity contribution >= 4 is 23.4 Å². The number of hydrogen-bond donors (Lipinski definition) is 0. The van der Waals surface area contributed by atoms with Gasteiger partial charge in [-0.25, -0.2) is 4.39 Å². The number of hydrogen-bond acceptors (Lipinski definition) is 6. The van der Waals surface area contributed by atoms with Crippen LogP contribution in [0.2, 0.25) is 0 Å². The molecule has 2 heterocycles. The Kier molecular flexibility index (Phi) is 9.13. The number of anilines is 1. The molecule has 1 fully saturated rings. The van der Waals surface area contributed by atoms with Crippen molar-refractivity contribution in [1.29, 1.82) is 0 Å². The number of halogens is 1. The second-order valence-corrected chi connectivity index (χ2v) is 10.9. The molecule has 1 aromatic heterocycles. The molecule has 1 amide bonds. The number of thioether (sulfide) groups is 1. The van der Waals surface area contributed by atoms with Crippen LogP contribution in [0.4, 0.5) is 10.1 Å². The van der Waals surface area contributed by atoms with Crippen LogP contribution in [0, 0.1) is 5.82 Å². The van der Waals surface area contributed by atoms with Crippen molar-refractivity contribution in [3.8, 4) is 0 Å². The molecular formula is C31H34FN5O2S. The lowest BCUT2D eigenvalue weighted by atomic mass is 10.1. The molecule has 0 bridgehead atoms. The van der Waals surface area contributed by atoms with Crippen molar-refractivity contribution < 1.29 is 13.9 Å². The summed E-state index contributed by atoms with van der Waals surface area (Å²) in [4.78, 5) is 17.0. The smallest absolute Gasteiger partial charge is 0.253 e. The van der Waals surface area contributed by atoms with Gasteiger partial charge in [0.2, 0.25) is 0 Å². The second kappa shape index (κ2) is 13.1. The molecule has 0 spiro atoms. The van der Waals surface area contributed by atoms with Gasteiger partial charge in [0.05, 0.1) is 18.3 Å². The van der Waals surface area contributed by atoms with Gasteiger partial charge in [-0.1, -0.05) is 66.4 Å². The van der Waals surface area contributed by atoms with Crippen molar-refractivity contribution in [3.05, 3.63) is 107 Å². The molecule has 1 aliphatic rings. The van der Waals surface area contributed by atoms with Gasteiger partial charge in [-0.2, -0.15) is 0 Å². The highest BCUT2D eigenvalue weighted by atomic mass is 32.2. The predicted octanol–water partition coefficient (Wildman–Crippen LogP) is 5.47. The van der Waals surface area contributed by atoms with Gasteiger partial charge in [-0.15, -0.1) is 10.2 Å². The molecule has 0 radical (unpaired) electrons. The number of para-hydroxylation sites is 1. The van der Waals surface area contributed by atoms with Gasteiger partial charge < -0.3 is 19.1 Å². The van der Waals surface area contributed by atoms with Gasteiger partial charge in [-0.05, 0) is 42.3 Å². The molecule has 1 saturated heterocycles. The summed E-state index contributed by atoms with van der Waals surface area (Å²) in [5, 5.41) is 9.86. The zero-order valence-electron chi connectivity index (χ0n) is 22.9. The van der Waals surface area contributed by atoms with E-state index in [9.17, 15) is 9.18 Å². The van der Waals surface area contributed by atoms with E-state index in [0.717, 1.165) is 16.5 Å². The molecule has 7 nitrogen and oxygen atoms in total. The molecule has 5 rings (SSSR count). The molecule has 0 saturated carbocycles. The summed E-state index contributed by atoms with van der Waals surface area (Å²) < 4.78 is 21.7. The highest BCUT2D eigenvalue weighted by Crippen LogP contribution is 2.27. The van der Waals surface area contributed by atoms with Crippen molar-refractivity contribution in [2.45, 2.75) is 30.3 Å². The third-order valence-electron chi connectivity index (χ3n) is 7.12. The fraction of sp³-hybridized carbons (Fsp3) is 0.323. The first-order chi connectivity index (χ1) is 19.5. The summed E-state index contributed by atoms with van der Waals surface area (Å²) in [6.07, 6.45) is 0.702. The van der Waals surface area contributed by atoms with E-state index < -0.39 is 0 Å². The van der Waals surface area contributed by atoms with E-state index >= 15 is 0 Å². The number of benzene rings is 3. The number of carbonyl (C=O) groups excluding carboxylic acids is 1. The minimum absolute atomic E-state index is 0.00562. The summed E-state index contributed by atoms with van der Waals surface area (Å²) in [5.41, 5.74) is 3.54. The maximum atomic E-state index is 14.2. The van der Waals surface area contributed by atoms with Crippen molar-refractivity contribution in [3.63, 3.8) is 0 Å². The standard InChI is InChI=1S/C31H34FN5O2S/c1-23(21-39-2)37-29(20-24-8-4-3-5-9-24)33-34-31(37)40-22-25-12-14-26(15-13-25)30(38)36-18-16-35(17-19-36)28-11-7-6-10-27(28)32/h3-15,23H,16-22H2,1-2H3/t23-/m1/s1. The van der Waals surface area contributed by atoms with Crippen molar-refractivity contribution in [2.75, 3.05) is 44.8 Å². The first-order valence-corrected chi connectivity index (χ1v) is 14.5. The molecule has 4 aromatic rings. The molecule has 1 atom stereocenters. The molecule has 0 unspecified atom stereocenters. The minimum atomic E-state index is -0.227. The summed E-state index contributed by atoms with van der Waals surface area (Å²) >= 11 is 1.63. The molecule has 0 N–H and O–H groups in total. The third-order valence-corrected chi connectivity index (χ3v) is 8.13. The fourth-order valence-electron chi connectivity index (χ4n) is 5.00. The Bertz CT molecular complexity index is 1410. The quantitative estimate of drug-likeness (QED) is 0.240. The number of amides is 1. The number of methoxy groups -OCH3 is 1. The SMILES string of the molecule is COC[C@@H](C)n1c(Cc2ccccc2)nnc1SCc1ccc(C(=O)N2CCN(c3ccccc3F)CC2)cc1. The first kappa shape index (κ1) is 27.9. The van der Waals surface area contributed by atoms with E-state index in [1.165, 1.54) is 11.6 Å². The highest BCUT2D eigenvalue weighted by molar-refractivity contribution is 7.98. The van der Waals surface area contributed by atoms with Crippen LogP contribution in [0.5, 0.6) is 0 Å². The van der Waals surface area contributed by atoms with Crippen LogP contribution in [-0.4, -0.2) is 65.5 Å². The number of ether oxygens (including phenoxy) is 1. The summed E-state index contributed by atoms with van der Waals surface area (Å²) in [7, 11) is 1.70. The molecule has 208 valence electrons. The van der Waals surface area contributed by atoms with E-state index in [1.807, 2.05) is 58.3 Å². The molecule has 0 aliphatic carbocycles. The Morgan fingerprint density at radius 2 is 1.62 bits per heavy atom. The van der Waals surface area contributed by atoms with Gasteiger partial charge in [-0.3, -0.25) is 4.79 Å². The Morgan fingerprint density at radius 1 is 0.925 bits per heavy atom. The summed E-state index contributed by atoms with van der Waals surface area (Å²) in [6.45, 7) is 5.02. The normalized spacial score (nSPS) is 14.4. The minimum Gasteiger partial charge on any atom is -0.383 e. The monoisotopic (exact) mass is 559 g/mol. The fourth-order valence-corrected chi connectivity index (χ4v) is 6.01. The molecule has 3 aromatic carbocycles. The number of rotatable bonds is 10. The number of carbonyl (C=O) groups is 1. The maximum Gasteiger partial charge on any atom is 0.253 e. The Hall–Kier alpha value is -3.69. The van der Waals surface area contributed by atoms with Crippen LogP contribution in [0.15, 0.2) is 84.0 Å². The summed E-state index contributed by atoms with van der Waals surface area (Å²) in [5.74, 6) is 1.40. The zero-order chi connectivity index (χ0) is 27.9. The van der Waals surface area contributed by atoms with Gasteiger partial charge in [0.15, 0.2) is 5.16 Å². The topological polar surface area (TPSA) is 63.5 Å². The number of aromatic nitrogens is 3. The first-order valence-electron chi connectivity index (χ1n) is 13.5. The van der Waals surface area contributed by atoms with E-state index in [2.05, 4.69) is 33.8 Å². The Labute approximate surface area is 239 Å². The largest absolute Gasteiger partial charge is 0.383 e. The maximum absolute atomic E-state index is 14.2. The van der Waals surface area contributed by atoms with Crippen LogP contribution in [0.3, 0.4) is 0 Å². The molecule has 40 heavy (non-hydrogen) atoms. The number of piperazine rings is 1. The average Bonchev–Trinajstić information content (AvgIpc) is 3.39. The zero-order valence-corrected chi connectivity index (χ0v) is 23.7. The van der Waals surface area contributed by atoms with E-state index in [-0.39, 0.29) is 17.8 Å². The lowest BCUT2D eigenvalue weighted by Crippen LogP contribution is -2.49. The lowest BCUT2D eigenvalue weighted by molar-refractivity contribution is 0.0746. The van der Waals surface area contributed by atoms with Crippen molar-refractivity contribution in [1.82, 2.24) is 19.7 Å². The number of nitrogens with zero attached hydrogens (tertiary/aromatic N) is 5. The van der Waals surface area contributed by atoms with Gasteiger partial charge in [0.25, 0.3) is 5.91 Å². The van der Waals surface area contributed by atoms with E-state index in [4.69, 9.17) is 4.74 Å². The Morgan fingerprint density at radius 3 is 2.33 bits per heavy atom. The molecular weight excluding hydrogens is 525 g/mol. The van der Waals surface area contributed by atoms with Gasteiger partial charge in [0.1, 0.15) is 11.6 Å². The van der Waals surface area contributed by atoms with E-state index in [1.54, 1.807) is 31.0 Å². The second-order valence-electron chi connectivity index (χ2n) is 9.95. The van der Waals surface area contributed by atoms with Crippen LogP contribution in [0.25, 0.3) is 0 Å². The lowest BCUT2D eigenvalue weighted by Gasteiger charge is -2.36. The van der Waals surface area contributed by atoms with Crippen LogP contribution in [0.1, 0.15) is 40.3 Å². The van der Waals surface area contributed by atoms with Crippen LogP contribution < -0.4 is 4.90 Å². The van der Waals surface area contributed by atoms with Crippen LogP contribution in [-0.2, 0) is 16.9 Å². The average molecular weight is 560 g/mol. The van der Waals surface area contributed by atoms with Crippen LogP contribution >= 0.6 is 11.8 Å². The summed E-state index contributed by atoms with van der Waals surface area (Å²) in [6, 6.07) is 24.9. The third kappa shape index (κ3) is 6.54. The van der Waals surface area contributed by atoms with Gasteiger partial charge >= 0.3 is 0 Å². The van der Waals surface area contributed by atoms with Gasteiger partial charge in [0, 0.05) is 51.0 Å². The molecule has 9 heteroatoms. The Balaban J connectivity index is 1.20. The van der Waals surface area contributed by atoms with Crippen molar-refractivity contribution in [2.24, 2.45) is 0 Å². The highest BCUT2D eigenvalue weighted by Gasteiger charge is 2.24.